The van der Waals surface area contributed by atoms with Crippen molar-refractivity contribution in [2.24, 2.45) is 5.73 Å². The van der Waals surface area contributed by atoms with Crippen molar-refractivity contribution in [2.45, 2.75) is 37.8 Å². The summed E-state index contributed by atoms with van der Waals surface area (Å²) in [5.41, 5.74) is 5.98. The molecule has 1 atom stereocenters. The molecule has 2 aliphatic rings. The van der Waals surface area contributed by atoms with Gasteiger partial charge >= 0.3 is 0 Å². The molecule has 29 heavy (non-hydrogen) atoms. The van der Waals surface area contributed by atoms with Gasteiger partial charge in [-0.1, -0.05) is 6.42 Å². The van der Waals surface area contributed by atoms with Crippen LogP contribution in [0, 0.1) is 5.82 Å². The van der Waals surface area contributed by atoms with Gasteiger partial charge in [-0.2, -0.15) is 0 Å². The molecule has 0 spiro atoms. The van der Waals surface area contributed by atoms with E-state index in [0.29, 0.717) is 6.61 Å². The number of carbonyl (C=O) groups excluding carboxylic acids is 2. The smallest absolute Gasteiger partial charge is 0.253 e. The Morgan fingerprint density at radius 3 is 2.69 bits per heavy atom. The maximum absolute atomic E-state index is 14.5. The molecule has 7 nitrogen and oxygen atoms in total. The maximum atomic E-state index is 14.5. The number of nitrogens with two attached hydrogens (primary N) is 1. The molecule has 1 saturated heterocycles. The predicted octanol–water partition coefficient (Wildman–Crippen LogP) is 1.57. The number of hydrogen-bond donors (Lipinski definition) is 2. The molecule has 1 aromatic carbocycles. The second-order valence-electron chi connectivity index (χ2n) is 7.18. The number of benzene rings is 1. The molecule has 3 rings (SSSR count). The van der Waals surface area contributed by atoms with Crippen LogP contribution in [0.4, 0.5) is 24.5 Å². The molecular weight excluding hydrogens is 389 g/mol. The van der Waals surface area contributed by atoms with E-state index in [0.717, 1.165) is 25.3 Å². The minimum atomic E-state index is -2.58. The molecule has 10 heteroatoms. The number of anilines is 2. The summed E-state index contributed by atoms with van der Waals surface area (Å²) in [5, 5.41) is 2.56. The van der Waals surface area contributed by atoms with Crippen molar-refractivity contribution >= 4 is 23.2 Å². The third-order valence-corrected chi connectivity index (χ3v) is 5.31. The predicted molar refractivity (Wildman–Crippen MR) is 101 cm³/mol. The van der Waals surface area contributed by atoms with E-state index < -0.39 is 30.7 Å². The third kappa shape index (κ3) is 5.06. The molecule has 0 unspecified atom stereocenters. The summed E-state index contributed by atoms with van der Waals surface area (Å²) in [5.74, 6) is -1.58. The van der Waals surface area contributed by atoms with Gasteiger partial charge in [0.15, 0.2) is 0 Å². The molecule has 1 aliphatic heterocycles. The topological polar surface area (TPSA) is 87.9 Å². The first-order chi connectivity index (χ1) is 13.9. The quantitative estimate of drug-likeness (QED) is 0.674. The van der Waals surface area contributed by atoms with Gasteiger partial charge in [0.2, 0.25) is 5.91 Å². The third-order valence-electron chi connectivity index (χ3n) is 5.31. The maximum Gasteiger partial charge on any atom is 0.253 e. The average molecular weight is 414 g/mol. The number of nitrogens with zero attached hydrogens (tertiary/aromatic N) is 2. The Balaban J connectivity index is 1.71. The first-order valence-electron chi connectivity index (χ1n) is 9.63. The van der Waals surface area contributed by atoms with Crippen LogP contribution in [0.1, 0.15) is 19.3 Å². The summed E-state index contributed by atoms with van der Waals surface area (Å²) in [4.78, 5) is 27.3. The summed E-state index contributed by atoms with van der Waals surface area (Å²) in [6, 6.07) is 2.93. The van der Waals surface area contributed by atoms with E-state index in [-0.39, 0.29) is 43.0 Å². The molecule has 0 radical (unpaired) electrons. The number of alkyl halides is 2. The number of carbonyl (C=O) groups is 2. The van der Waals surface area contributed by atoms with Gasteiger partial charge in [0.25, 0.3) is 12.3 Å². The Morgan fingerprint density at radius 2 is 2.14 bits per heavy atom. The lowest BCUT2D eigenvalue weighted by Crippen LogP contribution is -2.56. The van der Waals surface area contributed by atoms with Crippen LogP contribution < -0.4 is 16.0 Å². The summed E-state index contributed by atoms with van der Waals surface area (Å²) >= 11 is 0. The Morgan fingerprint density at radius 1 is 1.38 bits per heavy atom. The van der Waals surface area contributed by atoms with E-state index in [4.69, 9.17) is 10.5 Å². The van der Waals surface area contributed by atoms with Crippen LogP contribution in [0.2, 0.25) is 0 Å². The molecule has 160 valence electrons. The SMILES string of the molecule is NC[C@@H](C(=O)Nc1ccc(N2CCOCC2=O)c(F)c1)N(CC(F)F)C1CCC1. The molecule has 0 aromatic heterocycles. The molecule has 1 aromatic rings. The Labute approximate surface area is 167 Å². The number of hydrogen-bond acceptors (Lipinski definition) is 5. The summed E-state index contributed by atoms with van der Waals surface area (Å²) in [7, 11) is 0. The van der Waals surface area contributed by atoms with Gasteiger partial charge in [-0.3, -0.25) is 14.5 Å². The van der Waals surface area contributed by atoms with E-state index in [1.54, 1.807) is 0 Å². The van der Waals surface area contributed by atoms with E-state index in [1.165, 1.54) is 21.9 Å². The van der Waals surface area contributed by atoms with Crippen molar-refractivity contribution in [3.63, 3.8) is 0 Å². The highest BCUT2D eigenvalue weighted by molar-refractivity contribution is 5.97. The molecule has 1 aliphatic carbocycles. The van der Waals surface area contributed by atoms with E-state index >= 15 is 0 Å². The Hall–Kier alpha value is -2.17. The molecule has 2 fully saturated rings. The van der Waals surface area contributed by atoms with Crippen molar-refractivity contribution in [1.29, 1.82) is 0 Å². The number of amides is 2. The number of ether oxygens (including phenoxy) is 1. The first kappa shape index (κ1) is 21.5. The van der Waals surface area contributed by atoms with Gasteiger partial charge < -0.3 is 20.7 Å². The molecule has 0 bridgehead atoms. The minimum absolute atomic E-state index is 0.0977. The van der Waals surface area contributed by atoms with Gasteiger partial charge in [-0.15, -0.1) is 0 Å². The fraction of sp³-hybridized carbons (Fsp3) is 0.579. The van der Waals surface area contributed by atoms with Crippen molar-refractivity contribution in [2.75, 3.05) is 43.1 Å². The highest BCUT2D eigenvalue weighted by atomic mass is 19.3. The number of rotatable bonds is 8. The summed E-state index contributed by atoms with van der Waals surface area (Å²) in [6.07, 6.45) is -0.169. The molecule has 3 N–H and O–H groups in total. The normalized spacial score (nSPS) is 18.8. The van der Waals surface area contributed by atoms with Crippen molar-refractivity contribution in [1.82, 2.24) is 4.90 Å². The second kappa shape index (κ2) is 9.55. The second-order valence-corrected chi connectivity index (χ2v) is 7.18. The van der Waals surface area contributed by atoms with Gasteiger partial charge in [-0.25, -0.2) is 13.2 Å². The lowest BCUT2D eigenvalue weighted by molar-refractivity contribution is -0.126. The van der Waals surface area contributed by atoms with Gasteiger partial charge in [-0.05, 0) is 31.0 Å². The van der Waals surface area contributed by atoms with E-state index in [9.17, 15) is 22.8 Å². The minimum Gasteiger partial charge on any atom is -0.370 e. The highest BCUT2D eigenvalue weighted by Gasteiger charge is 2.35. The van der Waals surface area contributed by atoms with Crippen LogP contribution in [-0.2, 0) is 14.3 Å². The Kier molecular flexibility index (Phi) is 7.09. The fourth-order valence-corrected chi connectivity index (χ4v) is 3.60. The molecule has 1 saturated carbocycles. The van der Waals surface area contributed by atoms with E-state index in [2.05, 4.69) is 5.32 Å². The van der Waals surface area contributed by atoms with Crippen molar-refractivity contribution < 1.29 is 27.5 Å². The zero-order valence-electron chi connectivity index (χ0n) is 16.0. The number of morpholine rings is 1. The average Bonchev–Trinajstić information content (AvgIpc) is 2.61. The molecule has 1 heterocycles. The van der Waals surface area contributed by atoms with Crippen molar-refractivity contribution in [3.05, 3.63) is 24.0 Å². The highest BCUT2D eigenvalue weighted by Crippen LogP contribution is 2.28. The monoisotopic (exact) mass is 414 g/mol. The van der Waals surface area contributed by atoms with E-state index in [1.807, 2.05) is 0 Å². The van der Waals surface area contributed by atoms with Crippen LogP contribution >= 0.6 is 0 Å². The zero-order valence-corrected chi connectivity index (χ0v) is 16.0. The van der Waals surface area contributed by atoms with Crippen molar-refractivity contribution in [3.8, 4) is 0 Å². The number of nitrogens with one attached hydrogen (secondary N) is 1. The summed E-state index contributed by atoms with van der Waals surface area (Å²) < 4.78 is 45.6. The lowest BCUT2D eigenvalue weighted by atomic mass is 9.90. The zero-order chi connectivity index (χ0) is 21.0. The van der Waals surface area contributed by atoms with Crippen LogP contribution in [0.15, 0.2) is 18.2 Å². The molecular formula is C19H25F3N4O3. The van der Waals surface area contributed by atoms with Gasteiger partial charge in [0.1, 0.15) is 18.5 Å². The standard InChI is InChI=1S/C19H25F3N4O3/c20-14-8-12(4-5-15(14)25-6-7-29-11-18(25)27)24-19(28)16(9-23)26(10-17(21)22)13-2-1-3-13/h4-5,8,13,16-17H,1-3,6-7,9-11,23H2,(H,24,28)/t16-/m0/s1. The molecule has 2 amide bonds. The summed E-state index contributed by atoms with van der Waals surface area (Å²) in [6.45, 7) is -0.231. The largest absolute Gasteiger partial charge is 0.370 e. The number of halogens is 3. The van der Waals surface area contributed by atoms with Crippen LogP contribution in [0.25, 0.3) is 0 Å². The van der Waals surface area contributed by atoms with Crippen LogP contribution in [0.5, 0.6) is 0 Å². The first-order valence-corrected chi connectivity index (χ1v) is 9.63. The lowest BCUT2D eigenvalue weighted by Gasteiger charge is -2.41. The van der Waals surface area contributed by atoms with Gasteiger partial charge in [0.05, 0.1) is 18.8 Å². The fourth-order valence-electron chi connectivity index (χ4n) is 3.60. The van der Waals surface area contributed by atoms with Crippen LogP contribution in [0.3, 0.4) is 0 Å². The van der Waals surface area contributed by atoms with Gasteiger partial charge in [0, 0.05) is 24.8 Å². The Bertz CT molecular complexity index is 745. The van der Waals surface area contributed by atoms with Crippen LogP contribution in [-0.4, -0.2) is 68.1 Å².